The lowest BCUT2D eigenvalue weighted by Crippen LogP contribution is -2.13. The number of nitrogen functional groups attached to an aromatic ring is 1. The normalized spacial score (nSPS) is 20.6. The second kappa shape index (κ2) is 4.34. The molecule has 1 aliphatic rings. The van der Waals surface area contributed by atoms with Crippen LogP contribution in [-0.2, 0) is 4.74 Å². The molecule has 1 fully saturated rings. The molecule has 2 aromatic rings. The van der Waals surface area contributed by atoms with Gasteiger partial charge >= 0.3 is 0 Å². The molecule has 0 aliphatic carbocycles. The number of fused-ring (bicyclic) bond motifs is 1. The van der Waals surface area contributed by atoms with Crippen LogP contribution in [0.15, 0.2) is 30.3 Å². The number of ether oxygens (including phenoxy) is 1. The minimum atomic E-state index is 0.126. The van der Waals surface area contributed by atoms with Crippen LogP contribution in [0.25, 0.3) is 10.9 Å². The smallest absolute Gasteiger partial charge is 0.129 e. The highest BCUT2D eigenvalue weighted by Crippen LogP contribution is 2.32. The summed E-state index contributed by atoms with van der Waals surface area (Å²) in [6, 6.07) is 10.2. The number of para-hydroxylation sites is 1. The summed E-state index contributed by atoms with van der Waals surface area (Å²) < 4.78 is 5.77. The third kappa shape index (κ3) is 1.98. The molecule has 88 valence electrons. The Morgan fingerprint density at radius 2 is 2.12 bits per heavy atom. The molecule has 3 heteroatoms. The molecular formula is C14H16N2O. The van der Waals surface area contributed by atoms with Gasteiger partial charge in [0.25, 0.3) is 0 Å². The van der Waals surface area contributed by atoms with Gasteiger partial charge in [0.2, 0.25) is 0 Å². The first-order valence-electron chi connectivity index (χ1n) is 6.11. The molecule has 1 aromatic heterocycles. The van der Waals surface area contributed by atoms with E-state index in [9.17, 15) is 0 Å². The SMILES string of the molecule is Nc1nc2ccccc2cc1C1CCCCO1. The molecule has 1 atom stereocenters. The van der Waals surface area contributed by atoms with Gasteiger partial charge < -0.3 is 10.5 Å². The third-order valence-corrected chi connectivity index (χ3v) is 3.31. The lowest BCUT2D eigenvalue weighted by molar-refractivity contribution is 0.0153. The van der Waals surface area contributed by atoms with Crippen molar-refractivity contribution in [3.05, 3.63) is 35.9 Å². The number of nitrogens with two attached hydrogens (primary N) is 1. The van der Waals surface area contributed by atoms with Gasteiger partial charge in [-0.15, -0.1) is 0 Å². The molecule has 1 aliphatic heterocycles. The van der Waals surface area contributed by atoms with Crippen LogP contribution >= 0.6 is 0 Å². The van der Waals surface area contributed by atoms with Gasteiger partial charge in [-0.05, 0) is 31.4 Å². The second-order valence-electron chi connectivity index (χ2n) is 4.51. The van der Waals surface area contributed by atoms with Gasteiger partial charge in [-0.3, -0.25) is 0 Å². The summed E-state index contributed by atoms with van der Waals surface area (Å²) in [4.78, 5) is 4.45. The monoisotopic (exact) mass is 228 g/mol. The van der Waals surface area contributed by atoms with Crippen LogP contribution in [0.2, 0.25) is 0 Å². The van der Waals surface area contributed by atoms with Crippen molar-refractivity contribution in [1.82, 2.24) is 4.98 Å². The number of pyridine rings is 1. The molecule has 17 heavy (non-hydrogen) atoms. The van der Waals surface area contributed by atoms with Gasteiger partial charge in [0.15, 0.2) is 0 Å². The number of hydrogen-bond donors (Lipinski definition) is 1. The van der Waals surface area contributed by atoms with Crippen LogP contribution in [0.1, 0.15) is 30.9 Å². The average molecular weight is 228 g/mol. The molecule has 1 saturated heterocycles. The van der Waals surface area contributed by atoms with Crippen molar-refractivity contribution in [3.8, 4) is 0 Å². The number of rotatable bonds is 1. The highest BCUT2D eigenvalue weighted by Gasteiger charge is 2.19. The summed E-state index contributed by atoms with van der Waals surface area (Å²) in [5.74, 6) is 0.607. The Bertz CT molecular complexity index is 533. The first-order valence-corrected chi connectivity index (χ1v) is 6.11. The van der Waals surface area contributed by atoms with Crippen LogP contribution in [0.3, 0.4) is 0 Å². The Hall–Kier alpha value is -1.61. The fourth-order valence-electron chi connectivity index (χ4n) is 2.39. The molecule has 1 aromatic carbocycles. The van der Waals surface area contributed by atoms with Gasteiger partial charge in [-0.1, -0.05) is 18.2 Å². The largest absolute Gasteiger partial charge is 0.383 e. The van der Waals surface area contributed by atoms with Crippen molar-refractivity contribution >= 4 is 16.7 Å². The minimum Gasteiger partial charge on any atom is -0.383 e. The van der Waals surface area contributed by atoms with Crippen molar-refractivity contribution < 1.29 is 4.74 Å². The molecule has 0 amide bonds. The second-order valence-corrected chi connectivity index (χ2v) is 4.51. The molecule has 0 saturated carbocycles. The molecule has 0 bridgehead atoms. The first-order chi connectivity index (χ1) is 8.34. The van der Waals surface area contributed by atoms with E-state index < -0.39 is 0 Å². The van der Waals surface area contributed by atoms with E-state index in [-0.39, 0.29) is 6.10 Å². The Morgan fingerprint density at radius 3 is 2.94 bits per heavy atom. The quantitative estimate of drug-likeness (QED) is 0.816. The number of nitrogens with zero attached hydrogens (tertiary/aromatic N) is 1. The zero-order chi connectivity index (χ0) is 11.7. The molecule has 1 unspecified atom stereocenters. The molecule has 2 heterocycles. The summed E-state index contributed by atoms with van der Waals surface area (Å²) >= 11 is 0. The standard InChI is InChI=1S/C14H16N2O/c15-14-11(13-7-3-4-8-17-13)9-10-5-1-2-6-12(10)16-14/h1-2,5-6,9,13H,3-4,7-8H2,(H2,15,16). The predicted molar refractivity (Wildman–Crippen MR) is 68.7 cm³/mol. The topological polar surface area (TPSA) is 48.1 Å². The lowest BCUT2D eigenvalue weighted by atomic mass is 10.0. The van der Waals surface area contributed by atoms with Gasteiger partial charge in [-0.2, -0.15) is 0 Å². The summed E-state index contributed by atoms with van der Waals surface area (Å²) in [7, 11) is 0. The average Bonchev–Trinajstić information content (AvgIpc) is 2.39. The van der Waals surface area contributed by atoms with E-state index >= 15 is 0 Å². The van der Waals surface area contributed by atoms with Crippen LogP contribution in [0.4, 0.5) is 5.82 Å². The van der Waals surface area contributed by atoms with Gasteiger partial charge in [0.1, 0.15) is 5.82 Å². The zero-order valence-electron chi connectivity index (χ0n) is 9.73. The van der Waals surface area contributed by atoms with E-state index in [0.29, 0.717) is 5.82 Å². The van der Waals surface area contributed by atoms with E-state index in [1.165, 1.54) is 6.42 Å². The van der Waals surface area contributed by atoms with Gasteiger partial charge in [-0.25, -0.2) is 4.98 Å². The summed E-state index contributed by atoms with van der Waals surface area (Å²) in [5, 5.41) is 1.13. The van der Waals surface area contributed by atoms with Crippen LogP contribution in [0.5, 0.6) is 0 Å². The Morgan fingerprint density at radius 1 is 1.24 bits per heavy atom. The Kier molecular flexibility index (Phi) is 2.69. The molecule has 0 spiro atoms. The molecule has 3 nitrogen and oxygen atoms in total. The maximum absolute atomic E-state index is 6.03. The maximum Gasteiger partial charge on any atom is 0.129 e. The van der Waals surface area contributed by atoms with E-state index in [4.69, 9.17) is 10.5 Å². The molecule has 2 N–H and O–H groups in total. The predicted octanol–water partition coefficient (Wildman–Crippen LogP) is 3.06. The minimum absolute atomic E-state index is 0.126. The first kappa shape index (κ1) is 10.5. The van der Waals surface area contributed by atoms with Gasteiger partial charge in [0, 0.05) is 17.6 Å². The number of hydrogen-bond acceptors (Lipinski definition) is 3. The Labute approximate surface area is 101 Å². The van der Waals surface area contributed by atoms with Crippen molar-refractivity contribution in [2.75, 3.05) is 12.3 Å². The summed E-state index contributed by atoms with van der Waals surface area (Å²) in [6.07, 6.45) is 3.53. The van der Waals surface area contributed by atoms with Crippen LogP contribution < -0.4 is 5.73 Å². The highest BCUT2D eigenvalue weighted by molar-refractivity contribution is 5.81. The van der Waals surface area contributed by atoms with Crippen LogP contribution in [0, 0.1) is 0 Å². The van der Waals surface area contributed by atoms with Crippen molar-refractivity contribution in [2.45, 2.75) is 25.4 Å². The lowest BCUT2D eigenvalue weighted by Gasteiger charge is -2.23. The van der Waals surface area contributed by atoms with Gasteiger partial charge in [0.05, 0.1) is 11.6 Å². The van der Waals surface area contributed by atoms with E-state index in [0.717, 1.165) is 35.9 Å². The molecule has 0 radical (unpaired) electrons. The zero-order valence-corrected chi connectivity index (χ0v) is 9.73. The summed E-state index contributed by atoms with van der Waals surface area (Å²) in [5.41, 5.74) is 8.02. The van der Waals surface area contributed by atoms with Crippen molar-refractivity contribution in [2.24, 2.45) is 0 Å². The summed E-state index contributed by atoms with van der Waals surface area (Å²) in [6.45, 7) is 0.830. The molecular weight excluding hydrogens is 212 g/mol. The van der Waals surface area contributed by atoms with E-state index in [1.54, 1.807) is 0 Å². The van der Waals surface area contributed by atoms with Crippen LogP contribution in [-0.4, -0.2) is 11.6 Å². The third-order valence-electron chi connectivity index (χ3n) is 3.31. The van der Waals surface area contributed by atoms with Crippen molar-refractivity contribution in [3.63, 3.8) is 0 Å². The maximum atomic E-state index is 6.03. The fraction of sp³-hybridized carbons (Fsp3) is 0.357. The highest BCUT2D eigenvalue weighted by atomic mass is 16.5. The van der Waals surface area contributed by atoms with E-state index in [1.807, 2.05) is 18.2 Å². The number of aromatic nitrogens is 1. The fourth-order valence-corrected chi connectivity index (χ4v) is 2.39. The van der Waals surface area contributed by atoms with Crippen molar-refractivity contribution in [1.29, 1.82) is 0 Å². The molecule has 3 rings (SSSR count). The van der Waals surface area contributed by atoms with E-state index in [2.05, 4.69) is 17.1 Å². The number of anilines is 1. The Balaban J connectivity index is 2.06. The number of benzene rings is 1.